The monoisotopic (exact) mass is 299 g/mol. The molecular weight excluding hydrogens is 278 g/mol. The summed E-state index contributed by atoms with van der Waals surface area (Å²) in [4.78, 5) is 0. The van der Waals surface area contributed by atoms with Gasteiger partial charge in [0.2, 0.25) is 5.79 Å². The molecule has 4 unspecified atom stereocenters. The van der Waals surface area contributed by atoms with Crippen molar-refractivity contribution in [2.75, 3.05) is 25.1 Å². The summed E-state index contributed by atoms with van der Waals surface area (Å²) >= 11 is 0. The van der Waals surface area contributed by atoms with Gasteiger partial charge in [0.1, 0.15) is 24.1 Å². The lowest BCUT2D eigenvalue weighted by Gasteiger charge is -2.41. The lowest BCUT2D eigenvalue weighted by atomic mass is 9.97. The van der Waals surface area contributed by atoms with Crippen molar-refractivity contribution in [3.63, 3.8) is 0 Å². The van der Waals surface area contributed by atoms with Crippen LogP contribution in [0.5, 0.6) is 5.75 Å². The number of aliphatic hydroxyl groups excluding tert-OH is 3. The fourth-order valence-corrected chi connectivity index (χ4v) is 2.11. The van der Waals surface area contributed by atoms with E-state index in [1.165, 1.54) is 0 Å². The molecule has 5 N–H and O–H groups in total. The van der Waals surface area contributed by atoms with Crippen molar-refractivity contribution >= 4 is 5.69 Å². The summed E-state index contributed by atoms with van der Waals surface area (Å²) in [5.41, 5.74) is 0.697. The molecule has 1 saturated heterocycles. The highest BCUT2D eigenvalue weighted by molar-refractivity contribution is 5.46. The van der Waals surface area contributed by atoms with E-state index in [0.717, 1.165) is 5.75 Å². The standard InChI is InChI=1S/C14H21NO6/c1-2-20-10-5-3-9(4-6-10)15-8-14(19)13(18)12(17)11(16)7-21-14/h3-6,11-13,15-19H,2,7-8H2,1H3. The SMILES string of the molecule is CCOc1ccc(NCC2(O)OCC(O)C(O)C2O)cc1. The van der Waals surface area contributed by atoms with E-state index in [4.69, 9.17) is 9.47 Å². The molecule has 1 fully saturated rings. The minimum atomic E-state index is -1.96. The summed E-state index contributed by atoms with van der Waals surface area (Å²) in [5.74, 6) is -1.23. The Morgan fingerprint density at radius 2 is 1.95 bits per heavy atom. The van der Waals surface area contributed by atoms with Gasteiger partial charge in [-0.1, -0.05) is 0 Å². The van der Waals surface area contributed by atoms with Crippen molar-refractivity contribution < 1.29 is 29.9 Å². The van der Waals surface area contributed by atoms with Gasteiger partial charge in [-0.3, -0.25) is 0 Å². The summed E-state index contributed by atoms with van der Waals surface area (Å²) in [6.07, 6.45) is -4.27. The van der Waals surface area contributed by atoms with Crippen LogP contribution in [0.15, 0.2) is 24.3 Å². The van der Waals surface area contributed by atoms with E-state index in [1.54, 1.807) is 24.3 Å². The predicted molar refractivity (Wildman–Crippen MR) is 75.0 cm³/mol. The molecule has 0 amide bonds. The van der Waals surface area contributed by atoms with Crippen LogP contribution in [0.1, 0.15) is 6.92 Å². The Kier molecular flexibility index (Phi) is 5.02. The van der Waals surface area contributed by atoms with E-state index < -0.39 is 24.1 Å². The highest BCUT2D eigenvalue weighted by Gasteiger charge is 2.48. The van der Waals surface area contributed by atoms with E-state index in [2.05, 4.69) is 5.32 Å². The smallest absolute Gasteiger partial charge is 0.212 e. The molecule has 1 aliphatic heterocycles. The fourth-order valence-electron chi connectivity index (χ4n) is 2.11. The van der Waals surface area contributed by atoms with Gasteiger partial charge >= 0.3 is 0 Å². The van der Waals surface area contributed by atoms with E-state index >= 15 is 0 Å². The molecule has 118 valence electrons. The molecule has 2 rings (SSSR count). The van der Waals surface area contributed by atoms with Gasteiger partial charge in [0, 0.05) is 5.69 Å². The molecule has 0 saturated carbocycles. The average molecular weight is 299 g/mol. The number of hydrogen-bond donors (Lipinski definition) is 5. The molecule has 1 heterocycles. The summed E-state index contributed by atoms with van der Waals surface area (Å²) in [6.45, 7) is 2.08. The van der Waals surface area contributed by atoms with Gasteiger partial charge in [-0.25, -0.2) is 0 Å². The van der Waals surface area contributed by atoms with Gasteiger partial charge in [-0.2, -0.15) is 0 Å². The van der Waals surface area contributed by atoms with Crippen molar-refractivity contribution in [3.05, 3.63) is 24.3 Å². The van der Waals surface area contributed by atoms with Crippen LogP contribution in [0, 0.1) is 0 Å². The number of aliphatic hydroxyl groups is 4. The number of rotatable bonds is 5. The molecule has 7 heteroatoms. The Morgan fingerprint density at radius 1 is 1.29 bits per heavy atom. The van der Waals surface area contributed by atoms with Crippen molar-refractivity contribution in [1.82, 2.24) is 0 Å². The summed E-state index contributed by atoms with van der Waals surface area (Å²) < 4.78 is 10.4. The second kappa shape index (κ2) is 6.59. The van der Waals surface area contributed by atoms with Crippen LogP contribution < -0.4 is 10.1 Å². The van der Waals surface area contributed by atoms with E-state index in [-0.39, 0.29) is 13.2 Å². The average Bonchev–Trinajstić information content (AvgIpc) is 2.49. The molecule has 7 nitrogen and oxygen atoms in total. The number of hydrogen-bond acceptors (Lipinski definition) is 7. The van der Waals surface area contributed by atoms with Crippen LogP contribution in [-0.4, -0.2) is 64.3 Å². The molecular formula is C14H21NO6. The highest BCUT2D eigenvalue weighted by atomic mass is 16.6. The number of benzene rings is 1. The third-order valence-corrected chi connectivity index (χ3v) is 3.40. The van der Waals surface area contributed by atoms with Gasteiger partial charge in [-0.15, -0.1) is 0 Å². The largest absolute Gasteiger partial charge is 0.494 e. The van der Waals surface area contributed by atoms with Crippen molar-refractivity contribution in [2.45, 2.75) is 31.0 Å². The molecule has 0 radical (unpaired) electrons. The third-order valence-electron chi connectivity index (χ3n) is 3.40. The van der Waals surface area contributed by atoms with Crippen molar-refractivity contribution in [2.24, 2.45) is 0 Å². The van der Waals surface area contributed by atoms with Gasteiger partial charge in [0.15, 0.2) is 0 Å². The maximum Gasteiger partial charge on any atom is 0.212 e. The molecule has 1 aliphatic rings. The fraction of sp³-hybridized carbons (Fsp3) is 0.571. The topological polar surface area (TPSA) is 111 Å². The lowest BCUT2D eigenvalue weighted by molar-refractivity contribution is -0.313. The Hall–Kier alpha value is -1.38. The van der Waals surface area contributed by atoms with Gasteiger partial charge in [-0.05, 0) is 31.2 Å². The highest BCUT2D eigenvalue weighted by Crippen LogP contribution is 2.25. The van der Waals surface area contributed by atoms with Gasteiger partial charge < -0.3 is 35.2 Å². The Balaban J connectivity index is 1.95. The molecule has 0 spiro atoms. The van der Waals surface area contributed by atoms with Crippen LogP contribution >= 0.6 is 0 Å². The van der Waals surface area contributed by atoms with Crippen molar-refractivity contribution in [3.8, 4) is 5.75 Å². The maximum atomic E-state index is 10.2. The molecule has 1 aromatic rings. The van der Waals surface area contributed by atoms with Gasteiger partial charge in [0.25, 0.3) is 0 Å². The Labute approximate surface area is 122 Å². The van der Waals surface area contributed by atoms with Gasteiger partial charge in [0.05, 0.1) is 19.8 Å². The first kappa shape index (κ1) is 16.0. The number of ether oxygens (including phenoxy) is 2. The number of nitrogens with one attached hydrogen (secondary N) is 1. The van der Waals surface area contributed by atoms with E-state index in [1.807, 2.05) is 6.92 Å². The first-order chi connectivity index (χ1) is 9.96. The Bertz CT molecular complexity index is 453. The molecule has 0 aromatic heterocycles. The normalized spacial score (nSPS) is 32.7. The van der Waals surface area contributed by atoms with Crippen LogP contribution in [0.3, 0.4) is 0 Å². The quantitative estimate of drug-likeness (QED) is 0.489. The van der Waals surface area contributed by atoms with Crippen LogP contribution in [-0.2, 0) is 4.74 Å². The molecule has 0 aliphatic carbocycles. The molecule has 21 heavy (non-hydrogen) atoms. The molecule has 4 atom stereocenters. The summed E-state index contributed by atoms with van der Waals surface area (Å²) in [6, 6.07) is 7.06. The second-order valence-electron chi connectivity index (χ2n) is 4.97. The van der Waals surface area contributed by atoms with Crippen molar-refractivity contribution in [1.29, 1.82) is 0 Å². The zero-order valence-electron chi connectivity index (χ0n) is 11.8. The molecule has 0 bridgehead atoms. The van der Waals surface area contributed by atoms with E-state index in [9.17, 15) is 20.4 Å². The third kappa shape index (κ3) is 3.63. The molecule has 1 aromatic carbocycles. The summed E-state index contributed by atoms with van der Waals surface area (Å²) in [7, 11) is 0. The van der Waals surface area contributed by atoms with Crippen LogP contribution in [0.2, 0.25) is 0 Å². The second-order valence-corrected chi connectivity index (χ2v) is 4.97. The van der Waals surface area contributed by atoms with Crippen LogP contribution in [0.4, 0.5) is 5.69 Å². The minimum absolute atomic E-state index is 0.133. The van der Waals surface area contributed by atoms with E-state index in [0.29, 0.717) is 12.3 Å². The van der Waals surface area contributed by atoms with Crippen LogP contribution in [0.25, 0.3) is 0 Å². The zero-order valence-corrected chi connectivity index (χ0v) is 11.8. The maximum absolute atomic E-state index is 10.2. The minimum Gasteiger partial charge on any atom is -0.494 e. The first-order valence-electron chi connectivity index (χ1n) is 6.83. The first-order valence-corrected chi connectivity index (χ1v) is 6.83. The number of anilines is 1. The Morgan fingerprint density at radius 3 is 2.57 bits per heavy atom. The zero-order chi connectivity index (χ0) is 15.5. The predicted octanol–water partition coefficient (Wildman–Crippen LogP) is -0.701. The lowest BCUT2D eigenvalue weighted by Crippen LogP contribution is -2.63. The summed E-state index contributed by atoms with van der Waals surface area (Å²) in [5, 5.41) is 41.9.